The van der Waals surface area contributed by atoms with Crippen molar-refractivity contribution in [2.45, 2.75) is 0 Å². The molecule has 1 aliphatic rings. The monoisotopic (exact) mass is 424 g/mol. The number of rotatable bonds is 6. The van der Waals surface area contributed by atoms with Gasteiger partial charge < -0.3 is 24.6 Å². The minimum atomic E-state index is -0.229. The van der Waals surface area contributed by atoms with Crippen molar-refractivity contribution in [2.75, 3.05) is 51.8 Å². The van der Waals surface area contributed by atoms with E-state index in [0.29, 0.717) is 56.7 Å². The van der Waals surface area contributed by atoms with Crippen LogP contribution >= 0.6 is 0 Å². The number of carbonyl (C=O) groups is 2. The lowest BCUT2D eigenvalue weighted by Gasteiger charge is -2.34. The molecule has 2 aromatic heterocycles. The molecule has 0 bridgehead atoms. The van der Waals surface area contributed by atoms with E-state index in [9.17, 15) is 9.59 Å². The first-order chi connectivity index (χ1) is 15.2. The number of piperazine rings is 1. The number of ether oxygens (including phenoxy) is 2. The maximum atomic E-state index is 12.9. The number of hydrogen-bond acceptors (Lipinski definition) is 6. The number of nitrogens with zero attached hydrogens (tertiary/aromatic N) is 4. The SMILES string of the molecule is COCCOc1ccc(NC(=O)N2CCN(C(=O)c3n[nH]c4ccccc34)CC2)cn1. The molecule has 10 nitrogen and oxygen atoms in total. The summed E-state index contributed by atoms with van der Waals surface area (Å²) < 4.78 is 10.3. The van der Waals surface area contributed by atoms with Crippen LogP contribution in [0.3, 0.4) is 0 Å². The second-order valence-corrected chi connectivity index (χ2v) is 7.05. The molecular formula is C21H24N6O4. The molecule has 1 fully saturated rings. The third kappa shape index (κ3) is 4.75. The van der Waals surface area contributed by atoms with Crippen molar-refractivity contribution in [3.05, 3.63) is 48.3 Å². The molecule has 0 atom stereocenters. The molecule has 0 unspecified atom stereocenters. The average Bonchev–Trinajstić information content (AvgIpc) is 3.24. The molecule has 0 aliphatic carbocycles. The summed E-state index contributed by atoms with van der Waals surface area (Å²) in [6.45, 7) is 2.64. The van der Waals surface area contributed by atoms with E-state index in [0.717, 1.165) is 10.9 Å². The van der Waals surface area contributed by atoms with Gasteiger partial charge in [0.1, 0.15) is 6.61 Å². The van der Waals surface area contributed by atoms with Gasteiger partial charge in [0.2, 0.25) is 5.88 Å². The third-order valence-electron chi connectivity index (χ3n) is 5.05. The van der Waals surface area contributed by atoms with Crippen LogP contribution in [0.15, 0.2) is 42.6 Å². The van der Waals surface area contributed by atoms with Gasteiger partial charge in [-0.2, -0.15) is 5.10 Å². The summed E-state index contributed by atoms with van der Waals surface area (Å²) in [5.41, 5.74) is 1.81. The topological polar surface area (TPSA) is 113 Å². The molecule has 162 valence electrons. The number of benzene rings is 1. The lowest BCUT2D eigenvalue weighted by atomic mass is 10.2. The van der Waals surface area contributed by atoms with Crippen molar-refractivity contribution < 1.29 is 19.1 Å². The number of nitrogens with one attached hydrogen (secondary N) is 2. The normalized spacial score (nSPS) is 14.0. The van der Waals surface area contributed by atoms with Crippen molar-refractivity contribution in [3.8, 4) is 5.88 Å². The molecule has 0 spiro atoms. The minimum absolute atomic E-state index is 0.134. The largest absolute Gasteiger partial charge is 0.475 e. The minimum Gasteiger partial charge on any atom is -0.475 e. The van der Waals surface area contributed by atoms with Gasteiger partial charge in [0.25, 0.3) is 5.91 Å². The van der Waals surface area contributed by atoms with Crippen LogP contribution in [-0.2, 0) is 4.74 Å². The average molecular weight is 424 g/mol. The standard InChI is InChI=1S/C21H24N6O4/c1-30-12-13-31-18-7-6-15(14-22-18)23-21(29)27-10-8-26(9-11-27)20(28)19-16-4-2-3-5-17(16)24-25-19/h2-7,14H,8-13H2,1H3,(H,23,29)(H,24,25). The van der Waals surface area contributed by atoms with Crippen LogP contribution in [0.25, 0.3) is 10.9 Å². The molecular weight excluding hydrogens is 400 g/mol. The molecule has 31 heavy (non-hydrogen) atoms. The predicted molar refractivity (Wildman–Crippen MR) is 114 cm³/mol. The van der Waals surface area contributed by atoms with E-state index < -0.39 is 0 Å². The van der Waals surface area contributed by atoms with Crippen LogP contribution in [0, 0.1) is 0 Å². The number of H-pyrrole nitrogens is 1. The van der Waals surface area contributed by atoms with Crippen molar-refractivity contribution in [2.24, 2.45) is 0 Å². The third-order valence-corrected chi connectivity index (χ3v) is 5.05. The fourth-order valence-electron chi connectivity index (χ4n) is 3.36. The summed E-state index contributed by atoms with van der Waals surface area (Å²) in [6.07, 6.45) is 1.54. The number of urea groups is 1. The summed E-state index contributed by atoms with van der Waals surface area (Å²) in [5.74, 6) is 0.332. The highest BCUT2D eigenvalue weighted by atomic mass is 16.5. The van der Waals surface area contributed by atoms with E-state index in [1.54, 1.807) is 35.2 Å². The number of methoxy groups -OCH3 is 1. The summed E-state index contributed by atoms with van der Waals surface area (Å²) in [5, 5.41) is 10.7. The quantitative estimate of drug-likeness (QED) is 0.585. The van der Waals surface area contributed by atoms with E-state index in [-0.39, 0.29) is 11.9 Å². The highest BCUT2D eigenvalue weighted by Crippen LogP contribution is 2.18. The number of para-hydroxylation sites is 1. The summed E-state index contributed by atoms with van der Waals surface area (Å²) >= 11 is 0. The molecule has 2 N–H and O–H groups in total. The van der Waals surface area contributed by atoms with Crippen LogP contribution in [0.5, 0.6) is 5.88 Å². The van der Waals surface area contributed by atoms with Crippen LogP contribution in [0.1, 0.15) is 10.5 Å². The van der Waals surface area contributed by atoms with Gasteiger partial charge >= 0.3 is 6.03 Å². The van der Waals surface area contributed by atoms with Gasteiger partial charge in [-0.1, -0.05) is 18.2 Å². The molecule has 0 radical (unpaired) electrons. The number of amides is 3. The molecule has 3 aromatic rings. The highest BCUT2D eigenvalue weighted by molar-refractivity contribution is 6.04. The van der Waals surface area contributed by atoms with Crippen LogP contribution in [-0.4, -0.2) is 83.4 Å². The molecule has 4 rings (SSSR count). The number of aromatic nitrogens is 3. The fraction of sp³-hybridized carbons (Fsp3) is 0.333. The van der Waals surface area contributed by atoms with Crippen molar-refractivity contribution >= 4 is 28.5 Å². The highest BCUT2D eigenvalue weighted by Gasteiger charge is 2.27. The van der Waals surface area contributed by atoms with Gasteiger partial charge in [-0.25, -0.2) is 9.78 Å². The van der Waals surface area contributed by atoms with Crippen molar-refractivity contribution in [1.82, 2.24) is 25.0 Å². The van der Waals surface area contributed by atoms with Crippen molar-refractivity contribution in [1.29, 1.82) is 0 Å². The number of anilines is 1. The molecule has 0 saturated carbocycles. The Balaban J connectivity index is 1.29. The molecule has 3 amide bonds. The van der Waals surface area contributed by atoms with Crippen LogP contribution < -0.4 is 10.1 Å². The lowest BCUT2D eigenvalue weighted by molar-refractivity contribution is 0.0667. The zero-order chi connectivity index (χ0) is 21.6. The van der Waals surface area contributed by atoms with Gasteiger partial charge in [0, 0.05) is 44.7 Å². The maximum absolute atomic E-state index is 12.9. The van der Waals surface area contributed by atoms with Crippen LogP contribution in [0.2, 0.25) is 0 Å². The Morgan fingerprint density at radius 2 is 1.84 bits per heavy atom. The zero-order valence-corrected chi connectivity index (χ0v) is 17.2. The molecule has 1 aliphatic heterocycles. The Labute approximate surface area is 179 Å². The van der Waals surface area contributed by atoms with E-state index >= 15 is 0 Å². The summed E-state index contributed by atoms with van der Waals surface area (Å²) in [7, 11) is 1.60. The van der Waals surface area contributed by atoms with Crippen LogP contribution in [0.4, 0.5) is 10.5 Å². The van der Waals surface area contributed by atoms with Gasteiger partial charge in [0.05, 0.1) is 24.0 Å². The molecule has 1 saturated heterocycles. The molecule has 1 aromatic carbocycles. The Kier molecular flexibility index (Phi) is 6.27. The Morgan fingerprint density at radius 1 is 1.06 bits per heavy atom. The fourth-order valence-corrected chi connectivity index (χ4v) is 3.36. The number of fused-ring (bicyclic) bond motifs is 1. The number of aromatic amines is 1. The van der Waals surface area contributed by atoms with E-state index in [2.05, 4.69) is 20.5 Å². The Morgan fingerprint density at radius 3 is 2.58 bits per heavy atom. The van der Waals surface area contributed by atoms with E-state index in [4.69, 9.17) is 9.47 Å². The Hall–Kier alpha value is -3.66. The van der Waals surface area contributed by atoms with Gasteiger partial charge in [-0.15, -0.1) is 0 Å². The smallest absolute Gasteiger partial charge is 0.322 e. The second kappa shape index (κ2) is 9.43. The predicted octanol–water partition coefficient (Wildman–Crippen LogP) is 1.97. The first-order valence-electron chi connectivity index (χ1n) is 10.0. The summed E-state index contributed by atoms with van der Waals surface area (Å²) in [6, 6.07) is 10.7. The Bertz CT molecular complexity index is 1040. The van der Waals surface area contributed by atoms with Gasteiger partial charge in [-0.3, -0.25) is 9.89 Å². The first-order valence-corrected chi connectivity index (χ1v) is 10.0. The lowest BCUT2D eigenvalue weighted by Crippen LogP contribution is -2.51. The summed E-state index contributed by atoms with van der Waals surface area (Å²) in [4.78, 5) is 33.0. The van der Waals surface area contributed by atoms with E-state index in [1.807, 2.05) is 24.3 Å². The van der Waals surface area contributed by atoms with E-state index in [1.165, 1.54) is 0 Å². The second-order valence-electron chi connectivity index (χ2n) is 7.05. The maximum Gasteiger partial charge on any atom is 0.322 e. The molecule has 3 heterocycles. The van der Waals surface area contributed by atoms with Gasteiger partial charge in [-0.05, 0) is 12.1 Å². The zero-order valence-electron chi connectivity index (χ0n) is 17.2. The van der Waals surface area contributed by atoms with Gasteiger partial charge in [0.15, 0.2) is 5.69 Å². The first kappa shape index (κ1) is 20.6. The number of pyridine rings is 1. The molecule has 10 heteroatoms. The number of carbonyl (C=O) groups excluding carboxylic acids is 2. The number of hydrogen-bond donors (Lipinski definition) is 2. The van der Waals surface area contributed by atoms with Crippen molar-refractivity contribution in [3.63, 3.8) is 0 Å².